The molecule has 0 saturated heterocycles. The van der Waals surface area contributed by atoms with Gasteiger partial charge >= 0.3 is 10.3 Å². The topological polar surface area (TPSA) is 113 Å². The van der Waals surface area contributed by atoms with Crippen molar-refractivity contribution < 1.29 is 27.6 Å². The van der Waals surface area contributed by atoms with E-state index in [9.17, 15) is 18.3 Å². The predicted octanol–water partition coefficient (Wildman–Crippen LogP) is 3.64. The minimum Gasteiger partial charge on any atom is -0.508 e. The number of hydrogen-bond acceptors (Lipinski definition) is 5. The molecule has 1 aromatic carbocycles. The van der Waals surface area contributed by atoms with Crippen LogP contribution in [0.2, 0.25) is 0 Å². The molecule has 3 aliphatic carbocycles. The van der Waals surface area contributed by atoms with Gasteiger partial charge in [0.05, 0.1) is 0 Å². The van der Waals surface area contributed by atoms with Gasteiger partial charge in [-0.25, -0.2) is 4.72 Å². The van der Waals surface area contributed by atoms with Gasteiger partial charge < -0.3 is 9.84 Å². The molecule has 166 valence electrons. The highest BCUT2D eigenvalue weighted by Crippen LogP contribution is 2.61. The lowest BCUT2D eigenvalue weighted by Crippen LogP contribution is -2.39. The summed E-state index contributed by atoms with van der Waals surface area (Å²) in [5.74, 6) is 0.695. The van der Waals surface area contributed by atoms with Crippen molar-refractivity contribution in [2.24, 2.45) is 17.3 Å². The van der Waals surface area contributed by atoms with Gasteiger partial charge in [-0.2, -0.15) is 8.42 Å². The Morgan fingerprint density at radius 2 is 2.07 bits per heavy atom. The zero-order valence-corrected chi connectivity index (χ0v) is 18.4. The summed E-state index contributed by atoms with van der Waals surface area (Å²) in [4.78, 5) is 12.4. The quantitative estimate of drug-likeness (QED) is 0.606. The van der Waals surface area contributed by atoms with Gasteiger partial charge in [-0.15, -0.1) is 0 Å². The van der Waals surface area contributed by atoms with E-state index in [-0.39, 0.29) is 17.9 Å². The lowest BCUT2D eigenvalue weighted by molar-refractivity contribution is -0.131. The molecule has 1 amide bonds. The average Bonchev–Trinajstić information content (AvgIpc) is 3.06. The van der Waals surface area contributed by atoms with Crippen molar-refractivity contribution in [1.82, 2.24) is 4.72 Å². The Kier molecular flexibility index (Phi) is 5.61. The van der Waals surface area contributed by atoms with Crippen LogP contribution in [0.25, 0.3) is 0 Å². The van der Waals surface area contributed by atoms with Crippen molar-refractivity contribution in [2.45, 2.75) is 70.8 Å². The molecule has 2 saturated carbocycles. The van der Waals surface area contributed by atoms with Crippen LogP contribution < -0.4 is 4.72 Å². The van der Waals surface area contributed by atoms with Gasteiger partial charge in [0.15, 0.2) is 6.10 Å². The summed E-state index contributed by atoms with van der Waals surface area (Å²) in [5.41, 5.74) is 2.94. The third-order valence-corrected chi connectivity index (χ3v) is 8.20. The third kappa shape index (κ3) is 3.85. The fraction of sp³-hybridized carbons (Fsp3) is 0.682. The van der Waals surface area contributed by atoms with Crippen LogP contribution in [-0.4, -0.2) is 30.6 Å². The molecule has 0 aliphatic heterocycles. The van der Waals surface area contributed by atoms with E-state index in [1.54, 1.807) is 19.1 Å². The molecule has 1 aromatic rings. The van der Waals surface area contributed by atoms with Crippen molar-refractivity contribution in [3.8, 4) is 5.75 Å². The van der Waals surface area contributed by atoms with Crippen molar-refractivity contribution >= 4 is 16.2 Å². The van der Waals surface area contributed by atoms with Gasteiger partial charge in [0.1, 0.15) is 5.75 Å². The maximum Gasteiger partial charge on any atom is 0.359 e. The van der Waals surface area contributed by atoms with Gasteiger partial charge in [0.2, 0.25) is 0 Å². The van der Waals surface area contributed by atoms with E-state index >= 15 is 0 Å². The first-order valence-electron chi connectivity index (χ1n) is 10.9. The van der Waals surface area contributed by atoms with Crippen LogP contribution in [-0.2, 0) is 26.3 Å². The van der Waals surface area contributed by atoms with Crippen LogP contribution in [0.1, 0.15) is 81.1 Å². The molecule has 0 radical (unpaired) electrons. The Hall–Kier alpha value is -1.64. The average molecular weight is 438 g/mol. The molecule has 4 unspecified atom stereocenters. The zero-order valence-electron chi connectivity index (χ0n) is 17.6. The number of amides is 1. The van der Waals surface area contributed by atoms with Crippen molar-refractivity contribution in [3.05, 3.63) is 28.8 Å². The molecule has 30 heavy (non-hydrogen) atoms. The van der Waals surface area contributed by atoms with Crippen LogP contribution in [0, 0.1) is 17.3 Å². The van der Waals surface area contributed by atoms with Gasteiger partial charge in [-0.3, -0.25) is 9.35 Å². The van der Waals surface area contributed by atoms with E-state index < -0.39 is 22.3 Å². The van der Waals surface area contributed by atoms with E-state index in [4.69, 9.17) is 9.29 Å². The summed E-state index contributed by atoms with van der Waals surface area (Å²) in [6, 6.07) is 3.54. The van der Waals surface area contributed by atoms with E-state index in [2.05, 4.69) is 6.92 Å². The Balaban J connectivity index is 1.66. The first kappa shape index (κ1) is 21.6. The molecule has 3 N–H and O–H groups in total. The number of benzene rings is 1. The summed E-state index contributed by atoms with van der Waals surface area (Å²) in [5, 5.41) is 10.8. The standard InChI is InChI=1S/C22H31NO6S/c1-3-29-20(21(25)23-30(26,27)28)17-11-13-6-7-15-14(16(13)12-19(17)24)8-10-22(2)9-4-5-18(15)22/h11-12,14-15,18,20,24H,3-10H2,1-2H3,(H,23,25)(H,26,27,28)/t14?,15?,18?,20?,22-/m0/s1. The van der Waals surface area contributed by atoms with Crippen LogP contribution in [0.3, 0.4) is 0 Å². The number of phenolic OH excluding ortho intramolecular Hbond substituents is 1. The molecule has 0 bridgehead atoms. The molecule has 0 aromatic heterocycles. The second-order valence-corrected chi connectivity index (χ2v) is 10.5. The van der Waals surface area contributed by atoms with Crippen LogP contribution in [0.15, 0.2) is 12.1 Å². The number of ether oxygens (including phenoxy) is 1. The van der Waals surface area contributed by atoms with Gasteiger partial charge in [-0.1, -0.05) is 13.3 Å². The number of aromatic hydroxyl groups is 1. The molecule has 0 spiro atoms. The monoisotopic (exact) mass is 437 g/mol. The second kappa shape index (κ2) is 7.80. The third-order valence-electron chi connectivity index (χ3n) is 7.74. The number of carbonyl (C=O) groups excluding carboxylic acids is 1. The van der Waals surface area contributed by atoms with Crippen LogP contribution >= 0.6 is 0 Å². The Labute approximate surface area is 178 Å². The summed E-state index contributed by atoms with van der Waals surface area (Å²) >= 11 is 0. The van der Waals surface area contributed by atoms with Crippen LogP contribution in [0.4, 0.5) is 0 Å². The molecular weight excluding hydrogens is 406 g/mol. The number of rotatable bonds is 5. The molecule has 3 aliphatic rings. The maximum atomic E-state index is 12.4. The lowest BCUT2D eigenvalue weighted by Gasteiger charge is -2.49. The van der Waals surface area contributed by atoms with Crippen molar-refractivity contribution in [2.75, 3.05) is 6.61 Å². The lowest BCUT2D eigenvalue weighted by atomic mass is 9.56. The first-order valence-corrected chi connectivity index (χ1v) is 12.3. The molecule has 0 heterocycles. The summed E-state index contributed by atoms with van der Waals surface area (Å²) in [6.45, 7) is 4.26. The summed E-state index contributed by atoms with van der Waals surface area (Å²) in [6.07, 6.45) is 6.88. The normalized spacial score (nSPS) is 31.4. The summed E-state index contributed by atoms with van der Waals surface area (Å²) in [7, 11) is -4.72. The maximum absolute atomic E-state index is 12.4. The van der Waals surface area contributed by atoms with E-state index in [1.807, 2.05) is 0 Å². The number of phenols is 1. The van der Waals surface area contributed by atoms with E-state index in [0.717, 1.165) is 36.3 Å². The van der Waals surface area contributed by atoms with Crippen molar-refractivity contribution in [3.63, 3.8) is 0 Å². The molecule has 8 heteroatoms. The fourth-order valence-electron chi connectivity index (χ4n) is 6.49. The molecular formula is C22H31NO6S. The minimum absolute atomic E-state index is 0.0712. The molecule has 4 rings (SSSR count). The van der Waals surface area contributed by atoms with E-state index in [1.165, 1.54) is 30.4 Å². The van der Waals surface area contributed by atoms with Gasteiger partial charge in [-0.05, 0) is 91.9 Å². The highest BCUT2D eigenvalue weighted by atomic mass is 32.2. The number of nitrogens with one attached hydrogen (secondary N) is 1. The number of carbonyl (C=O) groups is 1. The van der Waals surface area contributed by atoms with Gasteiger partial charge in [0, 0.05) is 12.2 Å². The smallest absolute Gasteiger partial charge is 0.359 e. The predicted molar refractivity (Wildman–Crippen MR) is 111 cm³/mol. The highest BCUT2D eigenvalue weighted by molar-refractivity contribution is 7.84. The Morgan fingerprint density at radius 1 is 1.30 bits per heavy atom. The first-order chi connectivity index (χ1) is 14.1. The Bertz CT molecular complexity index is 945. The number of fused-ring (bicyclic) bond motifs is 5. The molecule has 5 atom stereocenters. The Morgan fingerprint density at radius 3 is 2.77 bits per heavy atom. The zero-order chi connectivity index (χ0) is 21.7. The minimum atomic E-state index is -4.72. The molecule has 7 nitrogen and oxygen atoms in total. The van der Waals surface area contributed by atoms with Crippen molar-refractivity contribution in [1.29, 1.82) is 0 Å². The number of aryl methyl sites for hydroxylation is 1. The number of hydrogen-bond donors (Lipinski definition) is 3. The van der Waals surface area contributed by atoms with E-state index in [0.29, 0.717) is 17.3 Å². The molecule has 2 fully saturated rings. The van der Waals surface area contributed by atoms with Gasteiger partial charge in [0.25, 0.3) is 5.91 Å². The second-order valence-electron chi connectivity index (χ2n) is 9.39. The largest absolute Gasteiger partial charge is 0.508 e. The van der Waals surface area contributed by atoms with Crippen LogP contribution in [0.5, 0.6) is 5.75 Å². The SMILES string of the molecule is CCOC(C(=O)NS(=O)(=O)O)c1cc2c(cc1O)C1CC[C@]3(C)CCCC3C1CC2. The highest BCUT2D eigenvalue weighted by Gasteiger charge is 2.50. The summed E-state index contributed by atoms with van der Waals surface area (Å²) < 4.78 is 38.1. The fourth-order valence-corrected chi connectivity index (χ4v) is 6.85.